The number of benzene rings is 1. The van der Waals surface area contributed by atoms with Gasteiger partial charge in [0, 0.05) is 11.6 Å². The topological polar surface area (TPSA) is 65.3 Å². The highest BCUT2D eigenvalue weighted by Gasteiger charge is 2.10. The van der Waals surface area contributed by atoms with Crippen LogP contribution in [-0.2, 0) is 0 Å². The molecule has 0 fully saturated rings. The second-order valence-electron chi connectivity index (χ2n) is 4.00. The third-order valence-corrected chi connectivity index (χ3v) is 2.58. The maximum absolute atomic E-state index is 10.6. The van der Waals surface area contributed by atoms with Gasteiger partial charge in [0.05, 0.1) is 17.2 Å². The van der Waals surface area contributed by atoms with Gasteiger partial charge in [0.2, 0.25) is 0 Å². The molecule has 2 rings (SSSR count). The Morgan fingerprint density at radius 3 is 2.68 bits per heavy atom. The molecule has 19 heavy (non-hydrogen) atoms. The molecule has 2 aromatic rings. The molecule has 0 saturated carbocycles. The van der Waals surface area contributed by atoms with Gasteiger partial charge in [0.25, 0.3) is 5.69 Å². The number of rotatable bonds is 5. The number of pyridine rings is 1. The normalized spacial score (nSPS) is 10.2. The summed E-state index contributed by atoms with van der Waals surface area (Å²) in [5, 5.41) is 10.6. The van der Waals surface area contributed by atoms with E-state index in [1.807, 2.05) is 31.2 Å². The number of aromatic nitrogens is 1. The van der Waals surface area contributed by atoms with Crippen LogP contribution in [-0.4, -0.2) is 16.5 Å². The Bertz CT molecular complexity index is 567. The summed E-state index contributed by atoms with van der Waals surface area (Å²) in [4.78, 5) is 14.3. The van der Waals surface area contributed by atoms with Gasteiger partial charge in [-0.1, -0.05) is 19.1 Å². The van der Waals surface area contributed by atoms with E-state index < -0.39 is 4.92 Å². The SMILES string of the molecule is CCCOc1ccccc1-c1ccc([N+](=O)[O-])cn1. The van der Waals surface area contributed by atoms with Gasteiger partial charge in [-0.15, -0.1) is 0 Å². The minimum Gasteiger partial charge on any atom is -0.493 e. The van der Waals surface area contributed by atoms with Crippen molar-refractivity contribution in [3.05, 3.63) is 52.7 Å². The number of para-hydroxylation sites is 1. The molecule has 0 N–H and O–H groups in total. The fourth-order valence-corrected chi connectivity index (χ4v) is 1.67. The number of nitro groups is 1. The molecule has 0 aliphatic heterocycles. The van der Waals surface area contributed by atoms with Crippen molar-refractivity contribution >= 4 is 5.69 Å². The zero-order chi connectivity index (χ0) is 13.7. The summed E-state index contributed by atoms with van der Waals surface area (Å²) in [5.74, 6) is 0.741. The van der Waals surface area contributed by atoms with Crippen LogP contribution in [0.25, 0.3) is 11.3 Å². The molecular weight excluding hydrogens is 244 g/mol. The lowest BCUT2D eigenvalue weighted by atomic mass is 10.1. The Morgan fingerprint density at radius 1 is 1.26 bits per heavy atom. The molecule has 0 amide bonds. The largest absolute Gasteiger partial charge is 0.493 e. The van der Waals surface area contributed by atoms with Crippen molar-refractivity contribution < 1.29 is 9.66 Å². The van der Waals surface area contributed by atoms with Crippen LogP contribution in [0.3, 0.4) is 0 Å². The van der Waals surface area contributed by atoms with E-state index in [1.165, 1.54) is 12.3 Å². The fraction of sp³-hybridized carbons (Fsp3) is 0.214. The lowest BCUT2D eigenvalue weighted by Gasteiger charge is -2.09. The van der Waals surface area contributed by atoms with E-state index in [0.29, 0.717) is 12.3 Å². The predicted molar refractivity (Wildman–Crippen MR) is 72.1 cm³/mol. The van der Waals surface area contributed by atoms with E-state index >= 15 is 0 Å². The average molecular weight is 258 g/mol. The molecule has 5 heteroatoms. The Kier molecular flexibility index (Phi) is 4.07. The van der Waals surface area contributed by atoms with E-state index in [9.17, 15) is 10.1 Å². The van der Waals surface area contributed by atoms with Crippen molar-refractivity contribution in [2.24, 2.45) is 0 Å². The van der Waals surface area contributed by atoms with E-state index in [2.05, 4.69) is 4.98 Å². The highest BCUT2D eigenvalue weighted by Crippen LogP contribution is 2.29. The van der Waals surface area contributed by atoms with Crippen LogP contribution in [0.15, 0.2) is 42.6 Å². The second-order valence-corrected chi connectivity index (χ2v) is 4.00. The van der Waals surface area contributed by atoms with Crippen molar-refractivity contribution in [2.75, 3.05) is 6.61 Å². The third kappa shape index (κ3) is 3.07. The van der Waals surface area contributed by atoms with Crippen LogP contribution >= 0.6 is 0 Å². The van der Waals surface area contributed by atoms with E-state index in [1.54, 1.807) is 6.07 Å². The minimum absolute atomic E-state index is 0.0179. The first kappa shape index (κ1) is 13.0. The summed E-state index contributed by atoms with van der Waals surface area (Å²) < 4.78 is 5.64. The Morgan fingerprint density at radius 2 is 2.05 bits per heavy atom. The molecule has 5 nitrogen and oxygen atoms in total. The summed E-state index contributed by atoms with van der Waals surface area (Å²) in [6.07, 6.45) is 2.17. The molecule has 1 aromatic heterocycles. The van der Waals surface area contributed by atoms with Crippen LogP contribution < -0.4 is 4.74 Å². The Labute approximate surface area is 111 Å². The quantitative estimate of drug-likeness (QED) is 0.608. The first-order valence-electron chi connectivity index (χ1n) is 6.05. The predicted octanol–water partition coefficient (Wildman–Crippen LogP) is 3.45. The van der Waals surface area contributed by atoms with Crippen molar-refractivity contribution in [1.29, 1.82) is 0 Å². The van der Waals surface area contributed by atoms with Crippen LogP contribution in [0.2, 0.25) is 0 Å². The van der Waals surface area contributed by atoms with Crippen molar-refractivity contribution in [3.8, 4) is 17.0 Å². The summed E-state index contributed by atoms with van der Waals surface area (Å²) in [6, 6.07) is 10.6. The molecule has 0 bridgehead atoms. The standard InChI is InChI=1S/C14H14N2O3/c1-2-9-19-14-6-4-3-5-12(14)13-8-7-11(10-15-13)16(17)18/h3-8,10H,2,9H2,1H3. The smallest absolute Gasteiger partial charge is 0.287 e. The van der Waals surface area contributed by atoms with Gasteiger partial charge >= 0.3 is 0 Å². The maximum atomic E-state index is 10.6. The van der Waals surface area contributed by atoms with Crippen molar-refractivity contribution in [1.82, 2.24) is 4.98 Å². The van der Waals surface area contributed by atoms with Crippen LogP contribution in [0, 0.1) is 10.1 Å². The van der Waals surface area contributed by atoms with Gasteiger partial charge in [-0.2, -0.15) is 0 Å². The molecule has 0 radical (unpaired) electrons. The summed E-state index contributed by atoms with van der Waals surface area (Å²) in [6.45, 7) is 2.66. The zero-order valence-corrected chi connectivity index (χ0v) is 10.6. The molecule has 0 saturated heterocycles. The minimum atomic E-state index is -0.462. The molecule has 0 aliphatic rings. The number of hydrogen-bond acceptors (Lipinski definition) is 4. The van der Waals surface area contributed by atoms with Crippen molar-refractivity contribution in [3.63, 3.8) is 0 Å². The first-order chi connectivity index (χ1) is 9.22. The third-order valence-electron chi connectivity index (χ3n) is 2.58. The highest BCUT2D eigenvalue weighted by atomic mass is 16.6. The van der Waals surface area contributed by atoms with Crippen LogP contribution in [0.5, 0.6) is 5.75 Å². The molecule has 1 heterocycles. The molecular formula is C14H14N2O3. The lowest BCUT2D eigenvalue weighted by molar-refractivity contribution is -0.385. The number of hydrogen-bond donors (Lipinski definition) is 0. The molecule has 0 unspecified atom stereocenters. The van der Waals surface area contributed by atoms with Gasteiger partial charge in [0.1, 0.15) is 11.9 Å². The molecule has 98 valence electrons. The Balaban J connectivity index is 2.32. The van der Waals surface area contributed by atoms with Gasteiger partial charge in [0.15, 0.2) is 0 Å². The first-order valence-corrected chi connectivity index (χ1v) is 6.05. The molecule has 0 spiro atoms. The van der Waals surface area contributed by atoms with Crippen LogP contribution in [0.1, 0.15) is 13.3 Å². The number of ether oxygens (including phenoxy) is 1. The van der Waals surface area contributed by atoms with Gasteiger partial charge in [-0.05, 0) is 24.6 Å². The molecule has 0 atom stereocenters. The van der Waals surface area contributed by atoms with E-state index in [4.69, 9.17) is 4.74 Å². The summed E-state index contributed by atoms with van der Waals surface area (Å²) >= 11 is 0. The van der Waals surface area contributed by atoms with E-state index in [0.717, 1.165) is 17.7 Å². The second kappa shape index (κ2) is 5.95. The van der Waals surface area contributed by atoms with Gasteiger partial charge in [-0.25, -0.2) is 4.98 Å². The molecule has 1 aromatic carbocycles. The lowest BCUT2D eigenvalue weighted by Crippen LogP contribution is -1.97. The molecule has 0 aliphatic carbocycles. The van der Waals surface area contributed by atoms with Gasteiger partial charge < -0.3 is 4.74 Å². The van der Waals surface area contributed by atoms with Crippen molar-refractivity contribution in [2.45, 2.75) is 13.3 Å². The highest BCUT2D eigenvalue weighted by molar-refractivity contribution is 5.67. The maximum Gasteiger partial charge on any atom is 0.287 e. The summed E-state index contributed by atoms with van der Waals surface area (Å²) in [7, 11) is 0. The summed E-state index contributed by atoms with van der Waals surface area (Å²) in [5.41, 5.74) is 1.49. The average Bonchev–Trinajstić information content (AvgIpc) is 2.45. The fourth-order valence-electron chi connectivity index (χ4n) is 1.67. The monoisotopic (exact) mass is 258 g/mol. The van der Waals surface area contributed by atoms with Gasteiger partial charge in [-0.3, -0.25) is 10.1 Å². The van der Waals surface area contributed by atoms with E-state index in [-0.39, 0.29) is 5.69 Å². The van der Waals surface area contributed by atoms with Crippen LogP contribution in [0.4, 0.5) is 5.69 Å². The zero-order valence-electron chi connectivity index (χ0n) is 10.6. The Hall–Kier alpha value is -2.43. The number of nitrogens with zero attached hydrogens (tertiary/aromatic N) is 2.